The molecule has 0 N–H and O–H groups in total. The quantitative estimate of drug-likeness (QED) is 0.390. The van der Waals surface area contributed by atoms with Gasteiger partial charge in [-0.2, -0.15) is 0 Å². The van der Waals surface area contributed by atoms with Gasteiger partial charge in [0.05, 0.1) is 0 Å². The largest absolute Gasteiger partial charge is 3.00 e. The van der Waals surface area contributed by atoms with Gasteiger partial charge < -0.3 is 29.7 Å². The van der Waals surface area contributed by atoms with Crippen LogP contribution in [0.1, 0.15) is 20.8 Å². The first-order valence-electron chi connectivity index (χ1n) is 2.72. The van der Waals surface area contributed by atoms with Crippen LogP contribution in [0.25, 0.3) is 0 Å². The second-order valence-corrected chi connectivity index (χ2v) is 1.47. The Bertz CT molecular complexity index is 115. The summed E-state index contributed by atoms with van der Waals surface area (Å²) < 4.78 is 0. The third kappa shape index (κ3) is 1210. The second kappa shape index (κ2) is 17.3. The summed E-state index contributed by atoms with van der Waals surface area (Å²) in [4.78, 5) is 26.7. The first-order valence-corrected chi connectivity index (χ1v) is 2.72. The molecule has 6 nitrogen and oxygen atoms in total. The van der Waals surface area contributed by atoms with E-state index >= 15 is 0 Å². The van der Waals surface area contributed by atoms with Crippen LogP contribution >= 0.6 is 0 Å². The Morgan fingerprint density at radius 1 is 0.692 bits per heavy atom. The summed E-state index contributed by atoms with van der Waals surface area (Å²) in [5, 5.41) is 26.7. The molecule has 0 aliphatic rings. The summed E-state index contributed by atoms with van der Waals surface area (Å²) >= 11 is 0. The Balaban J connectivity index is -0.0000000450. The minimum Gasteiger partial charge on any atom is -0.550 e. The predicted molar refractivity (Wildman–Crippen MR) is 32.0 cm³/mol. The van der Waals surface area contributed by atoms with Crippen LogP contribution in [0.15, 0.2) is 0 Å². The number of carbonyl (C=O) groups is 3. The summed E-state index contributed by atoms with van der Waals surface area (Å²) in [5.74, 6) is -3.25. The van der Waals surface area contributed by atoms with E-state index in [9.17, 15) is 0 Å². The second-order valence-electron chi connectivity index (χ2n) is 1.47. The SMILES string of the molecule is CC(=O)[O-].CC(=O)[O-].CC(=O)[O-].[Ti+3]. The van der Waals surface area contributed by atoms with Crippen molar-refractivity contribution < 1.29 is 51.4 Å². The molecule has 0 amide bonds. The van der Waals surface area contributed by atoms with Gasteiger partial charge in [0.2, 0.25) is 0 Å². The van der Waals surface area contributed by atoms with Gasteiger partial charge in [-0.15, -0.1) is 0 Å². The summed E-state index contributed by atoms with van der Waals surface area (Å²) in [6, 6.07) is 0. The van der Waals surface area contributed by atoms with Crippen LogP contribution in [-0.4, -0.2) is 17.9 Å². The molecule has 0 bridgehead atoms. The van der Waals surface area contributed by atoms with Gasteiger partial charge in [-0.25, -0.2) is 0 Å². The third-order valence-corrected chi connectivity index (χ3v) is 0. The van der Waals surface area contributed by atoms with E-state index < -0.39 is 17.9 Å². The molecule has 0 spiro atoms. The van der Waals surface area contributed by atoms with E-state index in [1.807, 2.05) is 0 Å². The van der Waals surface area contributed by atoms with Gasteiger partial charge in [0, 0.05) is 17.9 Å². The first-order chi connectivity index (χ1) is 5.20. The maximum absolute atomic E-state index is 8.89. The van der Waals surface area contributed by atoms with Crippen molar-refractivity contribution in [3.8, 4) is 0 Å². The predicted octanol–water partition coefficient (Wildman–Crippen LogP) is -3.73. The molecule has 0 atom stereocenters. The molecule has 0 saturated heterocycles. The third-order valence-electron chi connectivity index (χ3n) is 0. The molecule has 0 aromatic heterocycles. The number of carboxylic acids is 3. The smallest absolute Gasteiger partial charge is 0.550 e. The van der Waals surface area contributed by atoms with Crippen molar-refractivity contribution in [2.24, 2.45) is 0 Å². The van der Waals surface area contributed by atoms with Gasteiger partial charge >= 0.3 is 21.7 Å². The van der Waals surface area contributed by atoms with Crippen LogP contribution in [-0.2, 0) is 36.1 Å². The average Bonchev–Trinajstić information content (AvgIpc) is 1.54. The van der Waals surface area contributed by atoms with Crippen molar-refractivity contribution in [3.63, 3.8) is 0 Å². The van der Waals surface area contributed by atoms with Crippen molar-refractivity contribution in [1.29, 1.82) is 0 Å². The summed E-state index contributed by atoms with van der Waals surface area (Å²) in [6.45, 7) is 2.92. The minimum atomic E-state index is -1.08. The van der Waals surface area contributed by atoms with Gasteiger partial charge in [0.25, 0.3) is 0 Å². The molecule has 0 saturated carbocycles. The van der Waals surface area contributed by atoms with E-state index in [2.05, 4.69) is 0 Å². The maximum atomic E-state index is 8.89. The van der Waals surface area contributed by atoms with Crippen molar-refractivity contribution >= 4 is 17.9 Å². The Morgan fingerprint density at radius 3 is 0.692 bits per heavy atom. The van der Waals surface area contributed by atoms with Crippen LogP contribution in [0.5, 0.6) is 0 Å². The summed E-state index contributed by atoms with van der Waals surface area (Å²) in [7, 11) is 0. The molecule has 13 heavy (non-hydrogen) atoms. The molecule has 0 aliphatic carbocycles. The molecule has 1 radical (unpaired) electrons. The molecule has 0 rings (SSSR count). The van der Waals surface area contributed by atoms with Crippen LogP contribution in [0, 0.1) is 0 Å². The van der Waals surface area contributed by atoms with E-state index in [0.29, 0.717) is 0 Å². The van der Waals surface area contributed by atoms with E-state index in [1.54, 1.807) is 0 Å². The standard InChI is InChI=1S/3C2H4O2.Ti/c3*1-2(3)4;/h3*1H3,(H,3,4);/q;;;+3/p-3. The fourth-order valence-corrected chi connectivity index (χ4v) is 0. The van der Waals surface area contributed by atoms with E-state index in [0.717, 1.165) is 20.8 Å². The zero-order valence-electron chi connectivity index (χ0n) is 7.45. The number of carboxylic acid groups (broad SMARTS) is 3. The van der Waals surface area contributed by atoms with Crippen LogP contribution in [0.2, 0.25) is 0 Å². The molecule has 0 aromatic rings. The summed E-state index contributed by atoms with van der Waals surface area (Å²) in [6.07, 6.45) is 0. The Labute approximate surface area is 90.4 Å². The van der Waals surface area contributed by atoms with Gasteiger partial charge in [0.1, 0.15) is 0 Å². The van der Waals surface area contributed by atoms with E-state index in [-0.39, 0.29) is 21.7 Å². The fourth-order valence-electron chi connectivity index (χ4n) is 0. The van der Waals surface area contributed by atoms with Crippen molar-refractivity contribution in [3.05, 3.63) is 0 Å². The average molecular weight is 225 g/mol. The minimum absolute atomic E-state index is 0. The van der Waals surface area contributed by atoms with Crippen molar-refractivity contribution in [1.82, 2.24) is 0 Å². The van der Waals surface area contributed by atoms with Crippen LogP contribution in [0.3, 0.4) is 0 Å². The van der Waals surface area contributed by atoms with Gasteiger partial charge in [-0.1, -0.05) is 0 Å². The van der Waals surface area contributed by atoms with Crippen molar-refractivity contribution in [2.45, 2.75) is 20.8 Å². The molecule has 73 valence electrons. The normalized spacial score (nSPS) is 5.77. The number of carbonyl (C=O) groups excluding carboxylic acids is 3. The van der Waals surface area contributed by atoms with Gasteiger partial charge in [-0.3, -0.25) is 0 Å². The van der Waals surface area contributed by atoms with E-state index in [4.69, 9.17) is 29.7 Å². The number of aliphatic carboxylic acids is 3. The zero-order chi connectivity index (χ0) is 10.7. The first kappa shape index (κ1) is 22.7. The number of hydrogen-bond donors (Lipinski definition) is 0. The van der Waals surface area contributed by atoms with Crippen LogP contribution < -0.4 is 15.3 Å². The number of hydrogen-bond acceptors (Lipinski definition) is 6. The maximum Gasteiger partial charge on any atom is 3.00 e. The van der Waals surface area contributed by atoms with Crippen LogP contribution in [0.4, 0.5) is 0 Å². The molecule has 0 aliphatic heterocycles. The number of rotatable bonds is 0. The molecular weight excluding hydrogens is 216 g/mol. The van der Waals surface area contributed by atoms with E-state index in [1.165, 1.54) is 0 Å². The topological polar surface area (TPSA) is 120 Å². The van der Waals surface area contributed by atoms with Crippen molar-refractivity contribution in [2.75, 3.05) is 0 Å². The Hall–Kier alpha value is -0.876. The molecule has 0 unspecified atom stereocenters. The molecule has 0 aromatic carbocycles. The van der Waals surface area contributed by atoms with Gasteiger partial charge in [0.15, 0.2) is 0 Å². The molecule has 7 heteroatoms. The monoisotopic (exact) mass is 225 g/mol. The molecule has 0 heterocycles. The summed E-state index contributed by atoms with van der Waals surface area (Å²) in [5.41, 5.74) is 0. The Kier molecular flexibility index (Phi) is 30.2. The molecular formula is C6H9O6Ti. The Morgan fingerprint density at radius 2 is 0.692 bits per heavy atom. The zero-order valence-corrected chi connectivity index (χ0v) is 9.01. The van der Waals surface area contributed by atoms with Gasteiger partial charge in [-0.05, 0) is 20.8 Å². The molecule has 0 fully saturated rings. The fraction of sp³-hybridized carbons (Fsp3) is 0.500.